The van der Waals surface area contributed by atoms with Crippen LogP contribution in [0.25, 0.3) is 5.65 Å². The van der Waals surface area contributed by atoms with Crippen molar-refractivity contribution in [2.45, 2.75) is 13.5 Å². The zero-order valence-corrected chi connectivity index (χ0v) is 15.9. The molecule has 0 spiro atoms. The molecule has 27 heavy (non-hydrogen) atoms. The van der Waals surface area contributed by atoms with Crippen LogP contribution >= 0.6 is 11.6 Å². The number of hydrogen-bond donors (Lipinski definition) is 1. The summed E-state index contributed by atoms with van der Waals surface area (Å²) >= 11 is 6.47. The van der Waals surface area contributed by atoms with Gasteiger partial charge in [-0.3, -0.25) is 9.20 Å². The molecular formula is C20H21ClN4O2. The Labute approximate surface area is 162 Å². The molecule has 0 radical (unpaired) electrons. The van der Waals surface area contributed by atoms with Gasteiger partial charge in [0.1, 0.15) is 5.65 Å². The number of hydrogen-bond acceptors (Lipinski definition) is 5. The van der Waals surface area contributed by atoms with E-state index in [-0.39, 0.29) is 5.56 Å². The first-order valence-corrected chi connectivity index (χ1v) is 9.33. The summed E-state index contributed by atoms with van der Waals surface area (Å²) in [6, 6.07) is 11.2. The Balaban J connectivity index is 1.60. The van der Waals surface area contributed by atoms with Gasteiger partial charge in [-0.25, -0.2) is 4.98 Å². The summed E-state index contributed by atoms with van der Waals surface area (Å²) < 4.78 is 7.01. The number of aromatic nitrogens is 2. The van der Waals surface area contributed by atoms with Crippen molar-refractivity contribution in [1.82, 2.24) is 9.38 Å². The maximum absolute atomic E-state index is 12.4. The van der Waals surface area contributed by atoms with E-state index in [1.165, 1.54) is 0 Å². The van der Waals surface area contributed by atoms with Crippen LogP contribution < -0.4 is 15.8 Å². The first-order valence-electron chi connectivity index (χ1n) is 8.96. The number of rotatable bonds is 4. The van der Waals surface area contributed by atoms with Gasteiger partial charge in [0, 0.05) is 25.4 Å². The topological polar surface area (TPSA) is 58.9 Å². The molecule has 1 aliphatic heterocycles. The molecule has 1 aliphatic rings. The lowest BCUT2D eigenvalue weighted by molar-refractivity contribution is 0.123. The van der Waals surface area contributed by atoms with Crippen LogP contribution in [0.15, 0.2) is 47.4 Å². The van der Waals surface area contributed by atoms with E-state index in [0.717, 1.165) is 30.0 Å². The van der Waals surface area contributed by atoms with E-state index in [1.54, 1.807) is 16.7 Å². The summed E-state index contributed by atoms with van der Waals surface area (Å²) in [7, 11) is 0. The predicted molar refractivity (Wildman–Crippen MR) is 108 cm³/mol. The van der Waals surface area contributed by atoms with Crippen molar-refractivity contribution in [3.05, 3.63) is 69.2 Å². The monoisotopic (exact) mass is 384 g/mol. The molecule has 3 aromatic rings. The van der Waals surface area contributed by atoms with Gasteiger partial charge in [-0.05, 0) is 30.7 Å². The summed E-state index contributed by atoms with van der Waals surface area (Å²) in [4.78, 5) is 19.2. The number of benzene rings is 1. The Morgan fingerprint density at radius 2 is 2.04 bits per heavy atom. The molecule has 1 aromatic carbocycles. The summed E-state index contributed by atoms with van der Waals surface area (Å²) in [5.41, 5.74) is 4.17. The summed E-state index contributed by atoms with van der Waals surface area (Å²) in [5, 5.41) is 4.09. The molecule has 6 nitrogen and oxygen atoms in total. The number of fused-ring (bicyclic) bond motifs is 1. The average Bonchev–Trinajstić information content (AvgIpc) is 2.67. The van der Waals surface area contributed by atoms with Crippen LogP contribution in [0.5, 0.6) is 0 Å². The molecular weight excluding hydrogens is 364 g/mol. The number of anilines is 2. The van der Waals surface area contributed by atoms with Crippen LogP contribution in [0.2, 0.25) is 5.02 Å². The van der Waals surface area contributed by atoms with Gasteiger partial charge >= 0.3 is 0 Å². The van der Waals surface area contributed by atoms with Gasteiger partial charge < -0.3 is 15.0 Å². The number of pyridine rings is 1. The summed E-state index contributed by atoms with van der Waals surface area (Å²) in [6.45, 7) is 5.37. The van der Waals surface area contributed by atoms with Gasteiger partial charge in [0.2, 0.25) is 0 Å². The van der Waals surface area contributed by atoms with Gasteiger partial charge in [0.25, 0.3) is 5.56 Å². The second-order valence-corrected chi connectivity index (χ2v) is 7.02. The molecule has 140 valence electrons. The Hall–Kier alpha value is -2.57. The summed E-state index contributed by atoms with van der Waals surface area (Å²) in [5.74, 6) is 0. The molecule has 0 bridgehead atoms. The quantitative estimate of drug-likeness (QED) is 0.749. The number of morpholine rings is 1. The van der Waals surface area contributed by atoms with Crippen molar-refractivity contribution in [1.29, 1.82) is 0 Å². The first kappa shape index (κ1) is 17.8. The molecule has 3 heterocycles. The Bertz CT molecular complexity index is 1030. The lowest BCUT2D eigenvalue weighted by Gasteiger charge is -2.31. The van der Waals surface area contributed by atoms with Crippen LogP contribution in [0.1, 0.15) is 11.3 Å². The van der Waals surface area contributed by atoms with Crippen molar-refractivity contribution in [3.63, 3.8) is 0 Å². The highest BCUT2D eigenvalue weighted by atomic mass is 35.5. The maximum Gasteiger partial charge on any atom is 0.258 e. The maximum atomic E-state index is 12.4. The fourth-order valence-electron chi connectivity index (χ4n) is 3.30. The minimum Gasteiger partial charge on any atom is -0.378 e. The molecule has 0 amide bonds. The first-order chi connectivity index (χ1) is 13.1. The number of aryl methyl sites for hydroxylation is 1. The van der Waals surface area contributed by atoms with E-state index >= 15 is 0 Å². The van der Waals surface area contributed by atoms with Crippen molar-refractivity contribution >= 4 is 28.6 Å². The third-order valence-corrected chi connectivity index (χ3v) is 4.94. The van der Waals surface area contributed by atoms with Gasteiger partial charge in [0.15, 0.2) is 0 Å². The lowest BCUT2D eigenvalue weighted by Crippen LogP contribution is -2.36. The van der Waals surface area contributed by atoms with Gasteiger partial charge in [-0.2, -0.15) is 0 Å². The highest BCUT2D eigenvalue weighted by molar-refractivity contribution is 6.34. The van der Waals surface area contributed by atoms with Gasteiger partial charge in [-0.1, -0.05) is 23.7 Å². The number of halogens is 1. The third kappa shape index (κ3) is 3.77. The second kappa shape index (κ2) is 7.58. The molecule has 1 saturated heterocycles. The molecule has 1 fully saturated rings. The molecule has 0 atom stereocenters. The molecule has 4 rings (SSSR count). The number of para-hydroxylation sites is 1. The van der Waals surface area contributed by atoms with Crippen molar-refractivity contribution in [3.8, 4) is 0 Å². The third-order valence-electron chi connectivity index (χ3n) is 4.63. The molecule has 2 aromatic heterocycles. The van der Waals surface area contributed by atoms with Crippen LogP contribution in [-0.2, 0) is 11.3 Å². The van der Waals surface area contributed by atoms with Crippen molar-refractivity contribution in [2.75, 3.05) is 36.5 Å². The molecule has 0 saturated carbocycles. The zero-order chi connectivity index (χ0) is 18.8. The Morgan fingerprint density at radius 1 is 1.22 bits per heavy atom. The smallest absolute Gasteiger partial charge is 0.258 e. The molecule has 0 unspecified atom stereocenters. The number of nitrogens with one attached hydrogen (secondary N) is 1. The SMILES string of the molecule is Cc1ccc2nc(CNc3cccc(Cl)c3N3CCOCC3)cc(=O)n2c1. The fraction of sp³-hybridized carbons (Fsp3) is 0.300. The highest BCUT2D eigenvalue weighted by Crippen LogP contribution is 2.34. The minimum atomic E-state index is -0.0833. The van der Waals surface area contributed by atoms with Crippen LogP contribution in [0.3, 0.4) is 0 Å². The van der Waals surface area contributed by atoms with E-state index in [2.05, 4.69) is 15.2 Å². The number of nitrogens with zero attached hydrogens (tertiary/aromatic N) is 3. The molecule has 0 aliphatic carbocycles. The van der Waals surface area contributed by atoms with E-state index in [4.69, 9.17) is 16.3 Å². The minimum absolute atomic E-state index is 0.0833. The second-order valence-electron chi connectivity index (χ2n) is 6.61. The predicted octanol–water partition coefficient (Wildman–Crippen LogP) is 3.11. The largest absolute Gasteiger partial charge is 0.378 e. The van der Waals surface area contributed by atoms with Crippen LogP contribution in [0.4, 0.5) is 11.4 Å². The molecule has 1 N–H and O–H groups in total. The van der Waals surface area contributed by atoms with E-state index < -0.39 is 0 Å². The highest BCUT2D eigenvalue weighted by Gasteiger charge is 2.18. The Morgan fingerprint density at radius 3 is 2.85 bits per heavy atom. The van der Waals surface area contributed by atoms with Crippen molar-refractivity contribution in [2.24, 2.45) is 0 Å². The van der Waals surface area contributed by atoms with Crippen LogP contribution in [0, 0.1) is 6.92 Å². The van der Waals surface area contributed by atoms with E-state index in [9.17, 15) is 4.79 Å². The normalized spacial score (nSPS) is 14.5. The van der Waals surface area contributed by atoms with E-state index in [1.807, 2.05) is 37.3 Å². The lowest BCUT2D eigenvalue weighted by atomic mass is 10.2. The molecule has 7 heteroatoms. The van der Waals surface area contributed by atoms with Crippen LogP contribution in [-0.4, -0.2) is 35.7 Å². The van der Waals surface area contributed by atoms with Gasteiger partial charge in [-0.15, -0.1) is 0 Å². The fourth-order valence-corrected chi connectivity index (χ4v) is 3.59. The summed E-state index contributed by atoms with van der Waals surface area (Å²) in [6.07, 6.45) is 1.80. The average molecular weight is 385 g/mol. The van der Waals surface area contributed by atoms with Crippen molar-refractivity contribution < 1.29 is 4.74 Å². The zero-order valence-electron chi connectivity index (χ0n) is 15.1. The van der Waals surface area contributed by atoms with E-state index in [0.29, 0.717) is 36.1 Å². The standard InChI is InChI=1S/C20H21ClN4O2/c1-14-5-6-18-23-15(11-19(26)25(18)13-14)12-22-17-4-2-3-16(21)20(17)24-7-9-27-10-8-24/h2-6,11,13,22H,7-10,12H2,1H3. The number of ether oxygens (including phenoxy) is 1. The Kier molecular flexibility index (Phi) is 5.01. The van der Waals surface area contributed by atoms with Gasteiger partial charge in [0.05, 0.1) is 41.8 Å².